The minimum absolute atomic E-state index is 0.00589. The Morgan fingerprint density at radius 1 is 0.949 bits per heavy atom. The van der Waals surface area contributed by atoms with Crippen molar-refractivity contribution < 1.29 is 14.3 Å². The number of benzene rings is 2. The van der Waals surface area contributed by atoms with Crippen molar-refractivity contribution in [3.8, 4) is 5.75 Å². The van der Waals surface area contributed by atoms with Gasteiger partial charge in [0.15, 0.2) is 0 Å². The second-order valence-corrected chi connectivity index (χ2v) is 10.9. The summed E-state index contributed by atoms with van der Waals surface area (Å²) in [5, 5.41) is 1.12. The summed E-state index contributed by atoms with van der Waals surface area (Å²) in [7, 11) is 1.65. The molecular weight excluding hydrogens is 488 g/mol. The van der Waals surface area contributed by atoms with Crippen LogP contribution in [0, 0.1) is 0 Å². The molecule has 2 aliphatic rings. The third kappa shape index (κ3) is 5.42. The fourth-order valence-corrected chi connectivity index (χ4v) is 6.31. The summed E-state index contributed by atoms with van der Waals surface area (Å²) in [6, 6.07) is 15.1. The third-order valence-electron chi connectivity index (χ3n) is 8.33. The Balaban J connectivity index is 1.42. The number of para-hydroxylation sites is 2. The number of carbonyl (C=O) groups is 2. The van der Waals surface area contributed by atoms with Gasteiger partial charge in [-0.15, -0.1) is 0 Å². The van der Waals surface area contributed by atoms with E-state index in [-0.39, 0.29) is 18.4 Å². The number of carbonyl (C=O) groups excluding carboxylic acids is 2. The number of amides is 2. The smallest absolute Gasteiger partial charge is 0.246 e. The molecule has 0 unspecified atom stereocenters. The third-order valence-corrected chi connectivity index (χ3v) is 8.33. The van der Waals surface area contributed by atoms with E-state index in [4.69, 9.17) is 4.74 Å². The number of methoxy groups -OCH3 is 1. The molecule has 2 atom stereocenters. The molecule has 1 N–H and O–H groups in total. The van der Waals surface area contributed by atoms with Crippen LogP contribution < -0.4 is 4.74 Å². The van der Waals surface area contributed by atoms with Crippen molar-refractivity contribution in [2.75, 3.05) is 39.8 Å². The lowest BCUT2D eigenvalue weighted by atomic mass is 9.86. The molecule has 2 aliphatic heterocycles. The van der Waals surface area contributed by atoms with Crippen LogP contribution in [-0.2, 0) is 16.0 Å². The number of unbranched alkanes of at least 4 members (excludes halogenated alkanes) is 2. The number of hydrogen-bond acceptors (Lipinski definition) is 4. The molecular formula is C32H42N4O3. The van der Waals surface area contributed by atoms with Gasteiger partial charge in [-0.1, -0.05) is 63.1 Å². The molecule has 2 aromatic carbocycles. The molecule has 3 heterocycles. The first-order valence-corrected chi connectivity index (χ1v) is 14.6. The summed E-state index contributed by atoms with van der Waals surface area (Å²) in [5.41, 5.74) is 4.03. The Kier molecular flexibility index (Phi) is 8.56. The van der Waals surface area contributed by atoms with Crippen molar-refractivity contribution in [3.63, 3.8) is 0 Å². The maximum atomic E-state index is 14.0. The normalized spacial score (nSPS) is 19.1. The number of nitrogens with one attached hydrogen (secondary N) is 1. The fourth-order valence-electron chi connectivity index (χ4n) is 6.31. The first kappa shape index (κ1) is 27.3. The summed E-state index contributed by atoms with van der Waals surface area (Å²) >= 11 is 0. The topological polar surface area (TPSA) is 68.9 Å². The van der Waals surface area contributed by atoms with Gasteiger partial charge >= 0.3 is 0 Å². The predicted octanol–water partition coefficient (Wildman–Crippen LogP) is 5.15. The van der Waals surface area contributed by atoms with E-state index in [1.165, 1.54) is 25.7 Å². The molecule has 7 heteroatoms. The van der Waals surface area contributed by atoms with Crippen molar-refractivity contribution >= 4 is 22.7 Å². The lowest BCUT2D eigenvalue weighted by molar-refractivity contribution is -0.158. The quantitative estimate of drug-likeness (QED) is 0.352. The molecule has 0 aliphatic carbocycles. The van der Waals surface area contributed by atoms with E-state index in [0.29, 0.717) is 13.0 Å². The minimum atomic E-state index is -0.524. The van der Waals surface area contributed by atoms with Crippen molar-refractivity contribution in [1.82, 2.24) is 19.7 Å². The summed E-state index contributed by atoms with van der Waals surface area (Å²) in [4.78, 5) is 37.6. The first-order chi connectivity index (χ1) is 19.1. The number of nitrogens with zero attached hydrogens (tertiary/aromatic N) is 3. The highest BCUT2D eigenvalue weighted by Crippen LogP contribution is 2.44. The van der Waals surface area contributed by atoms with Gasteiger partial charge in [0.05, 0.1) is 13.7 Å². The van der Waals surface area contributed by atoms with Crippen LogP contribution >= 0.6 is 0 Å². The lowest BCUT2D eigenvalue weighted by Gasteiger charge is -2.47. The molecule has 208 valence electrons. The number of H-pyrrole nitrogens is 1. The van der Waals surface area contributed by atoms with Crippen LogP contribution in [0.1, 0.15) is 68.8 Å². The molecule has 1 fully saturated rings. The van der Waals surface area contributed by atoms with Gasteiger partial charge in [0.1, 0.15) is 17.8 Å². The zero-order valence-electron chi connectivity index (χ0n) is 23.6. The minimum Gasteiger partial charge on any atom is -0.496 e. The Bertz CT molecular complexity index is 1290. The number of hydrogen-bond donors (Lipinski definition) is 1. The van der Waals surface area contributed by atoms with Gasteiger partial charge < -0.3 is 24.4 Å². The van der Waals surface area contributed by atoms with E-state index < -0.39 is 12.1 Å². The van der Waals surface area contributed by atoms with Gasteiger partial charge in [-0.05, 0) is 56.6 Å². The van der Waals surface area contributed by atoms with E-state index in [1.807, 2.05) is 41.3 Å². The second-order valence-electron chi connectivity index (χ2n) is 10.9. The molecule has 1 saturated heterocycles. The monoisotopic (exact) mass is 530 g/mol. The molecule has 0 radical (unpaired) electrons. The number of piperazine rings is 1. The maximum Gasteiger partial charge on any atom is 0.246 e. The Hall–Kier alpha value is -3.32. The van der Waals surface area contributed by atoms with Crippen LogP contribution in [0.2, 0.25) is 0 Å². The summed E-state index contributed by atoms with van der Waals surface area (Å²) < 4.78 is 5.73. The zero-order valence-corrected chi connectivity index (χ0v) is 23.6. The molecule has 2 amide bonds. The molecule has 39 heavy (non-hydrogen) atoms. The number of aromatic nitrogens is 1. The van der Waals surface area contributed by atoms with Crippen molar-refractivity contribution in [1.29, 1.82) is 0 Å². The number of aromatic amines is 1. The van der Waals surface area contributed by atoms with E-state index in [9.17, 15) is 9.59 Å². The van der Waals surface area contributed by atoms with Gasteiger partial charge in [0, 0.05) is 35.1 Å². The van der Waals surface area contributed by atoms with Gasteiger partial charge in [0.2, 0.25) is 11.8 Å². The van der Waals surface area contributed by atoms with Crippen LogP contribution in [0.4, 0.5) is 0 Å². The highest BCUT2D eigenvalue weighted by Gasteiger charge is 2.48. The Morgan fingerprint density at radius 3 is 2.38 bits per heavy atom. The fraction of sp³-hybridized carbons (Fsp3) is 0.500. The summed E-state index contributed by atoms with van der Waals surface area (Å²) in [6.07, 6.45) is 6.15. The van der Waals surface area contributed by atoms with E-state index in [2.05, 4.69) is 35.9 Å². The van der Waals surface area contributed by atoms with Crippen LogP contribution in [0.25, 0.3) is 10.9 Å². The second kappa shape index (κ2) is 12.2. The molecule has 7 nitrogen and oxygen atoms in total. The standard InChI is InChI=1S/C32H42N4O3/c1-4-6-17-34(18-7-5-2)19-12-20-35-22-29(37)36-27(32(35)38)21-25-23-13-8-10-15-26(23)33-30(25)31(36)24-14-9-11-16-28(24)39-3/h8-11,13-16,27,31,33H,4-7,12,17-22H2,1-3H3/t27-,31+/m0/s1. The number of ether oxygens (including phenoxy) is 1. The van der Waals surface area contributed by atoms with E-state index in [1.54, 1.807) is 12.0 Å². The SMILES string of the molecule is CCCCN(CCCC)CCCN1CC(=O)N2[C@H](c3ccccc3OC)c3[nH]c4ccccc4c3C[C@H]2C1=O. The van der Waals surface area contributed by atoms with Gasteiger partial charge in [-0.3, -0.25) is 9.59 Å². The highest BCUT2D eigenvalue weighted by molar-refractivity contribution is 5.97. The highest BCUT2D eigenvalue weighted by atomic mass is 16.5. The number of rotatable bonds is 12. The van der Waals surface area contributed by atoms with Crippen LogP contribution in [0.15, 0.2) is 48.5 Å². The Morgan fingerprint density at radius 2 is 1.64 bits per heavy atom. The van der Waals surface area contributed by atoms with Crippen LogP contribution in [-0.4, -0.2) is 77.4 Å². The molecule has 3 aromatic rings. The van der Waals surface area contributed by atoms with Crippen LogP contribution in [0.5, 0.6) is 5.75 Å². The largest absolute Gasteiger partial charge is 0.496 e. The average Bonchev–Trinajstić information content (AvgIpc) is 3.34. The lowest BCUT2D eigenvalue weighted by Crippen LogP contribution is -2.63. The van der Waals surface area contributed by atoms with Crippen molar-refractivity contribution in [3.05, 3.63) is 65.4 Å². The molecule has 0 bridgehead atoms. The average molecular weight is 531 g/mol. The van der Waals surface area contributed by atoms with Gasteiger partial charge in [0.25, 0.3) is 0 Å². The first-order valence-electron chi connectivity index (χ1n) is 14.6. The molecule has 0 saturated carbocycles. The van der Waals surface area contributed by atoms with E-state index >= 15 is 0 Å². The number of fused-ring (bicyclic) bond motifs is 4. The molecule has 5 rings (SSSR count). The zero-order chi connectivity index (χ0) is 27.4. The maximum absolute atomic E-state index is 14.0. The molecule has 1 aromatic heterocycles. The molecule has 0 spiro atoms. The van der Waals surface area contributed by atoms with Gasteiger partial charge in [-0.2, -0.15) is 0 Å². The summed E-state index contributed by atoms with van der Waals surface area (Å²) in [5.74, 6) is 0.766. The van der Waals surface area contributed by atoms with Crippen molar-refractivity contribution in [2.24, 2.45) is 0 Å². The Labute approximate surface area is 232 Å². The predicted molar refractivity (Wildman–Crippen MR) is 155 cm³/mol. The van der Waals surface area contributed by atoms with Gasteiger partial charge in [-0.25, -0.2) is 0 Å². The van der Waals surface area contributed by atoms with E-state index in [0.717, 1.165) is 59.5 Å². The van der Waals surface area contributed by atoms with Crippen molar-refractivity contribution in [2.45, 2.75) is 64.5 Å². The van der Waals surface area contributed by atoms with Crippen LogP contribution in [0.3, 0.4) is 0 Å². The summed E-state index contributed by atoms with van der Waals surface area (Å²) in [6.45, 7) is 8.35.